The van der Waals surface area contributed by atoms with Gasteiger partial charge in [0, 0.05) is 122 Å². The molecule has 17 rings (SSSR count). The minimum Gasteiger partial charge on any atom is -0.324 e. The van der Waals surface area contributed by atoms with Gasteiger partial charge in [-0.15, -0.1) is 0 Å². The molecule has 0 saturated carbocycles. The number of aromatic amines is 2. The van der Waals surface area contributed by atoms with Crippen molar-refractivity contribution in [3.63, 3.8) is 0 Å². The molecule has 554 valence electrons. The molecular weight excluding hydrogens is 1520 g/mol. The molecule has 2 aliphatic rings. The summed E-state index contributed by atoms with van der Waals surface area (Å²) >= 11 is 14.2. The molecule has 0 spiro atoms. The summed E-state index contributed by atoms with van der Waals surface area (Å²) in [4.78, 5) is 62.4. The monoisotopic (exact) mass is 1600 g/mol. The Kier molecular flexibility index (Phi) is 20.9. The van der Waals surface area contributed by atoms with Crippen LogP contribution in [0.25, 0.3) is 89.7 Å². The van der Waals surface area contributed by atoms with E-state index in [1.54, 1.807) is 94.1 Å². The van der Waals surface area contributed by atoms with E-state index >= 15 is 0 Å². The largest absolute Gasteiger partial charge is 0.324 e. The molecule has 15 aromatic rings. The van der Waals surface area contributed by atoms with Gasteiger partial charge < -0.3 is 9.97 Å². The third kappa shape index (κ3) is 14.1. The molecular formula is C96H82N8S8. The van der Waals surface area contributed by atoms with Gasteiger partial charge >= 0.3 is 0 Å². The number of nitrogens with one attached hydrogen (secondary N) is 2. The van der Waals surface area contributed by atoms with E-state index in [9.17, 15) is 0 Å². The molecule has 12 aromatic carbocycles. The van der Waals surface area contributed by atoms with Crippen LogP contribution < -0.4 is 0 Å². The first-order valence-corrected chi connectivity index (χ1v) is 44.1. The highest BCUT2D eigenvalue weighted by Gasteiger charge is 2.33. The zero-order valence-corrected chi connectivity index (χ0v) is 72.0. The fourth-order valence-corrected chi connectivity index (χ4v) is 24.2. The maximum atomic E-state index is 6.16. The van der Waals surface area contributed by atoms with Crippen LogP contribution in [0.2, 0.25) is 0 Å². The summed E-state index contributed by atoms with van der Waals surface area (Å²) in [5, 5.41) is 3.69. The molecule has 16 heteroatoms. The first-order valence-electron chi connectivity index (χ1n) is 37.5. The molecule has 112 heavy (non-hydrogen) atoms. The quantitative estimate of drug-likeness (QED) is 0.0958. The summed E-state index contributed by atoms with van der Waals surface area (Å²) in [6.07, 6.45) is 0. The third-order valence-corrected chi connectivity index (χ3v) is 32.4. The average Bonchev–Trinajstić information content (AvgIpc) is 1.57. The van der Waals surface area contributed by atoms with E-state index < -0.39 is 0 Å². The van der Waals surface area contributed by atoms with Crippen molar-refractivity contribution in [2.75, 3.05) is 0 Å². The number of aromatic nitrogens is 8. The smallest absolute Gasteiger partial charge is 0.165 e. The second-order valence-corrected chi connectivity index (χ2v) is 37.9. The molecule has 0 amide bonds. The van der Waals surface area contributed by atoms with Crippen LogP contribution in [0.15, 0.2) is 272 Å². The lowest BCUT2D eigenvalue weighted by Crippen LogP contribution is -1.93. The number of aryl methyl sites for hydroxylation is 16. The number of benzene rings is 12. The van der Waals surface area contributed by atoms with Crippen molar-refractivity contribution in [3.8, 4) is 45.6 Å². The summed E-state index contributed by atoms with van der Waals surface area (Å²) in [6.45, 7) is 35.4. The molecule has 0 saturated heterocycles. The highest BCUT2D eigenvalue weighted by atomic mass is 32.2. The van der Waals surface area contributed by atoms with Gasteiger partial charge in [-0.1, -0.05) is 240 Å². The normalized spacial score (nSPS) is 11.9. The molecule has 5 heterocycles. The molecule has 0 unspecified atom stereocenters. The number of rotatable bonds is 16. The molecule has 0 radical (unpaired) electrons. The standard InChI is InChI=1S/C96H82N8S8/c1-49-25-17-26-50(2)81(49)105-65-41-42-66(106-82-51(3)27-18-28-52(82)4)74-73(65)89-97-90(74)102-92-77-69(109-85-57(9)33-21-34-58(85)10)45-46-70(110-86-59(11)35-22-36-60(86)12)78(77)94(99-92)104-96-80-72(112-88-63(15)39-24-40-64(88)16)48-47-71(111-87-61(13)37-23-38-62(87)14)79(80)95(100-96)103-93-76-68(108-84-55(7)31-20-32-56(84)8)44-43-67(75(76)91(98-93)101-89)107-83-53(5)29-19-30-54(83)6/h17-48H,1-16H3,(H2,97,98,99,100,101,102,103,104). The van der Waals surface area contributed by atoms with Crippen LogP contribution in [0.1, 0.15) is 89.0 Å². The van der Waals surface area contributed by atoms with Gasteiger partial charge in [0.15, 0.2) is 23.3 Å². The van der Waals surface area contributed by atoms with Crippen molar-refractivity contribution in [1.82, 2.24) is 39.9 Å². The summed E-state index contributed by atoms with van der Waals surface area (Å²) in [5.41, 5.74) is 25.0. The van der Waals surface area contributed by atoms with Crippen molar-refractivity contribution in [2.45, 2.75) is 189 Å². The maximum Gasteiger partial charge on any atom is 0.165 e. The second kappa shape index (κ2) is 31.0. The van der Waals surface area contributed by atoms with Gasteiger partial charge in [-0.25, -0.2) is 29.9 Å². The van der Waals surface area contributed by atoms with E-state index in [2.05, 4.69) is 315 Å². The van der Waals surface area contributed by atoms with E-state index in [0.717, 1.165) is 83.0 Å². The Labute approximate surface area is 689 Å². The molecule has 2 aliphatic heterocycles. The number of H-pyrrole nitrogens is 2. The summed E-state index contributed by atoms with van der Waals surface area (Å²) in [5.74, 6) is 2.11. The van der Waals surface area contributed by atoms with Gasteiger partial charge in [0.05, 0.1) is 0 Å². The molecule has 0 fully saturated rings. The van der Waals surface area contributed by atoms with Crippen LogP contribution in [0.3, 0.4) is 0 Å². The number of fused-ring (bicyclic) bond motifs is 20. The van der Waals surface area contributed by atoms with E-state index in [-0.39, 0.29) is 0 Å². The van der Waals surface area contributed by atoms with E-state index in [1.807, 2.05) is 0 Å². The fraction of sp³-hybridized carbons (Fsp3) is 0.167. The third-order valence-electron chi connectivity index (χ3n) is 21.1. The fourth-order valence-electron chi connectivity index (χ4n) is 15.3. The average molecular weight is 1600 g/mol. The Morgan fingerprint density at radius 1 is 0.170 bits per heavy atom. The molecule has 0 atom stereocenters. The van der Waals surface area contributed by atoms with Gasteiger partial charge in [-0.05, 0) is 248 Å². The van der Waals surface area contributed by atoms with Crippen LogP contribution in [0.5, 0.6) is 0 Å². The van der Waals surface area contributed by atoms with Crippen LogP contribution >= 0.6 is 94.1 Å². The summed E-state index contributed by atoms with van der Waals surface area (Å²) < 4.78 is 0. The zero-order valence-electron chi connectivity index (χ0n) is 65.4. The van der Waals surface area contributed by atoms with Crippen molar-refractivity contribution in [3.05, 3.63) is 283 Å². The molecule has 8 nitrogen and oxygen atoms in total. The van der Waals surface area contributed by atoms with Gasteiger partial charge in [0.25, 0.3) is 0 Å². The highest BCUT2D eigenvalue weighted by molar-refractivity contribution is 8.01. The number of hydrogen-bond donors (Lipinski definition) is 2. The summed E-state index contributed by atoms with van der Waals surface area (Å²) in [6, 6.07) is 70.9. The Morgan fingerprint density at radius 2 is 0.304 bits per heavy atom. The van der Waals surface area contributed by atoms with Gasteiger partial charge in [0.1, 0.15) is 22.6 Å². The molecule has 0 aliphatic carbocycles. The Morgan fingerprint density at radius 3 is 0.455 bits per heavy atom. The first kappa shape index (κ1) is 75.5. The van der Waals surface area contributed by atoms with E-state index in [4.69, 9.17) is 29.9 Å². The number of nitrogens with zero attached hydrogens (tertiary/aromatic N) is 6. The lowest BCUT2D eigenvalue weighted by Gasteiger charge is -2.16. The summed E-state index contributed by atoms with van der Waals surface area (Å²) in [7, 11) is 0. The Bertz CT molecular complexity index is 5690. The second-order valence-electron chi connectivity index (χ2n) is 29.4. The van der Waals surface area contributed by atoms with Gasteiger partial charge in [-0.3, -0.25) is 0 Å². The van der Waals surface area contributed by atoms with Crippen molar-refractivity contribution in [2.24, 2.45) is 0 Å². The van der Waals surface area contributed by atoms with Crippen LogP contribution in [-0.4, -0.2) is 39.9 Å². The van der Waals surface area contributed by atoms with E-state index in [1.165, 1.54) is 128 Å². The lowest BCUT2D eigenvalue weighted by molar-refractivity contribution is 1.18. The molecule has 8 bridgehead atoms. The molecule has 2 N–H and O–H groups in total. The predicted molar refractivity (Wildman–Crippen MR) is 476 cm³/mol. The first-order chi connectivity index (χ1) is 54.1. The van der Waals surface area contributed by atoms with Crippen LogP contribution in [0, 0.1) is 111 Å². The minimum atomic E-state index is 0.529. The highest BCUT2D eigenvalue weighted by Crippen LogP contribution is 2.56. The Balaban J connectivity index is 1.10. The van der Waals surface area contributed by atoms with Crippen LogP contribution in [0.4, 0.5) is 0 Å². The Hall–Kier alpha value is -9.20. The lowest BCUT2D eigenvalue weighted by atomic mass is 10.1. The topological polar surface area (TPSA) is 109 Å². The predicted octanol–water partition coefficient (Wildman–Crippen LogP) is 29.0. The minimum absolute atomic E-state index is 0.529. The van der Waals surface area contributed by atoms with Gasteiger partial charge in [-0.2, -0.15) is 0 Å². The molecule has 3 aromatic heterocycles. The van der Waals surface area contributed by atoms with E-state index in [0.29, 0.717) is 45.9 Å². The zero-order chi connectivity index (χ0) is 77.7. The maximum absolute atomic E-state index is 6.16. The SMILES string of the molecule is Cc1cccc(C)c1Sc1ccc(Sc2c(C)cccc2C)c2c1-c1nc-2nc2[nH]c(nc3nc(nc4[nH]c(n1)c1c(Sc5c(C)cccc5C)ccc(Sc5c(C)cccc5C)c41)-c1c(Sc4c(C)cccc4C)ccc(Sc4c(C)cccc4C)c1-3)c1c(Sc3c(C)cccc3C)ccc(Sc3c(C)cccc3C)c21. The number of hydrogen-bond acceptors (Lipinski definition) is 14. The van der Waals surface area contributed by atoms with Crippen molar-refractivity contribution >= 4 is 138 Å². The van der Waals surface area contributed by atoms with Crippen molar-refractivity contribution in [1.29, 1.82) is 0 Å². The van der Waals surface area contributed by atoms with Crippen LogP contribution in [-0.2, 0) is 0 Å². The van der Waals surface area contributed by atoms with Crippen molar-refractivity contribution < 1.29 is 0 Å². The van der Waals surface area contributed by atoms with Gasteiger partial charge in [0.2, 0.25) is 0 Å².